The van der Waals surface area contributed by atoms with Crippen molar-refractivity contribution in [2.24, 2.45) is 0 Å². The van der Waals surface area contributed by atoms with E-state index < -0.39 is 5.97 Å². The lowest BCUT2D eigenvalue weighted by atomic mass is 10.2. The molecule has 1 aromatic rings. The molecule has 1 fully saturated rings. The van der Waals surface area contributed by atoms with Gasteiger partial charge in [0.2, 0.25) is 0 Å². The molecule has 0 bridgehead atoms. The van der Waals surface area contributed by atoms with E-state index in [1.807, 2.05) is 4.90 Å². The summed E-state index contributed by atoms with van der Waals surface area (Å²) in [6, 6.07) is 1.17. The maximum atomic E-state index is 10.8. The number of ether oxygens (including phenoxy) is 1. The third-order valence-corrected chi connectivity index (χ3v) is 2.85. The third kappa shape index (κ3) is 2.36. The summed E-state index contributed by atoms with van der Waals surface area (Å²) in [5.41, 5.74) is 6.15. The van der Waals surface area contributed by atoms with Crippen LogP contribution in [-0.4, -0.2) is 53.6 Å². The number of pyridine rings is 1. The second-order valence-electron chi connectivity index (χ2n) is 4.05. The molecule has 7 heteroatoms. The Hall–Kier alpha value is -1.86. The van der Waals surface area contributed by atoms with Crippen molar-refractivity contribution < 1.29 is 19.7 Å². The first-order valence-corrected chi connectivity index (χ1v) is 5.57. The second-order valence-corrected chi connectivity index (χ2v) is 4.05. The standard InChI is InChI=1S/C11H15N3O4/c12-9-3-7(11(16)17)4-13-10(9)14-1-2-18-6-8(14)5-15/h3-4,8,15H,1-2,5-6,12H2,(H,16,17). The summed E-state index contributed by atoms with van der Waals surface area (Å²) in [4.78, 5) is 16.7. The van der Waals surface area contributed by atoms with Crippen LogP contribution in [0.2, 0.25) is 0 Å². The third-order valence-electron chi connectivity index (χ3n) is 2.85. The number of nitrogen functional groups attached to an aromatic ring is 1. The monoisotopic (exact) mass is 253 g/mol. The summed E-state index contributed by atoms with van der Waals surface area (Å²) < 4.78 is 5.26. The summed E-state index contributed by atoms with van der Waals surface area (Å²) in [5.74, 6) is -0.580. The van der Waals surface area contributed by atoms with E-state index in [1.165, 1.54) is 12.3 Å². The predicted octanol–water partition coefficient (Wildman–Crippen LogP) is -0.441. The van der Waals surface area contributed by atoms with Gasteiger partial charge in [0.15, 0.2) is 5.82 Å². The maximum Gasteiger partial charge on any atom is 0.337 e. The molecule has 1 aliphatic heterocycles. The first kappa shape index (κ1) is 12.6. The van der Waals surface area contributed by atoms with E-state index in [9.17, 15) is 9.90 Å². The fourth-order valence-corrected chi connectivity index (χ4v) is 1.92. The summed E-state index contributed by atoms with van der Waals surface area (Å²) in [6.07, 6.45) is 1.26. The Morgan fingerprint density at radius 1 is 1.67 bits per heavy atom. The van der Waals surface area contributed by atoms with Gasteiger partial charge in [-0.2, -0.15) is 0 Å². The van der Waals surface area contributed by atoms with Crippen LogP contribution < -0.4 is 10.6 Å². The molecule has 1 aromatic heterocycles. The molecule has 1 atom stereocenters. The van der Waals surface area contributed by atoms with Crippen LogP contribution in [0.4, 0.5) is 11.5 Å². The number of aromatic carboxylic acids is 1. The minimum Gasteiger partial charge on any atom is -0.478 e. The number of nitrogens with two attached hydrogens (primary N) is 1. The summed E-state index contributed by atoms with van der Waals surface area (Å²) in [6.45, 7) is 1.42. The van der Waals surface area contributed by atoms with Gasteiger partial charge < -0.3 is 25.6 Å². The van der Waals surface area contributed by atoms with Gasteiger partial charge in [-0.15, -0.1) is 0 Å². The van der Waals surface area contributed by atoms with Crippen molar-refractivity contribution in [1.29, 1.82) is 0 Å². The van der Waals surface area contributed by atoms with E-state index in [-0.39, 0.29) is 23.9 Å². The Morgan fingerprint density at radius 3 is 3.06 bits per heavy atom. The average molecular weight is 253 g/mol. The Labute approximate surface area is 104 Å². The Kier molecular flexibility index (Phi) is 3.63. The van der Waals surface area contributed by atoms with Crippen LogP contribution in [0.1, 0.15) is 10.4 Å². The zero-order valence-corrected chi connectivity index (χ0v) is 9.74. The lowest BCUT2D eigenvalue weighted by Gasteiger charge is -2.35. The number of nitrogens with zero attached hydrogens (tertiary/aromatic N) is 2. The highest BCUT2D eigenvalue weighted by molar-refractivity contribution is 5.89. The van der Waals surface area contributed by atoms with Crippen molar-refractivity contribution in [1.82, 2.24) is 4.98 Å². The molecule has 1 aliphatic rings. The van der Waals surface area contributed by atoms with Crippen molar-refractivity contribution in [3.63, 3.8) is 0 Å². The number of aromatic nitrogens is 1. The highest BCUT2D eigenvalue weighted by atomic mass is 16.5. The number of aliphatic hydroxyl groups excluding tert-OH is 1. The quantitative estimate of drug-likeness (QED) is 0.670. The molecule has 1 saturated heterocycles. The van der Waals surface area contributed by atoms with Crippen molar-refractivity contribution in [3.8, 4) is 0 Å². The summed E-state index contributed by atoms with van der Waals surface area (Å²) in [7, 11) is 0. The Balaban J connectivity index is 2.29. The maximum absolute atomic E-state index is 10.8. The van der Waals surface area contributed by atoms with Gasteiger partial charge in [-0.25, -0.2) is 9.78 Å². The zero-order chi connectivity index (χ0) is 13.1. The highest BCUT2D eigenvalue weighted by Gasteiger charge is 2.25. The minimum absolute atomic E-state index is 0.0463. The molecule has 0 spiro atoms. The zero-order valence-electron chi connectivity index (χ0n) is 9.74. The number of anilines is 2. The molecule has 0 radical (unpaired) electrons. The van der Waals surface area contributed by atoms with Gasteiger partial charge in [-0.05, 0) is 6.07 Å². The first-order valence-electron chi connectivity index (χ1n) is 5.57. The fraction of sp³-hybridized carbons (Fsp3) is 0.455. The number of hydrogen-bond acceptors (Lipinski definition) is 6. The number of aliphatic hydroxyl groups is 1. The van der Waals surface area contributed by atoms with Gasteiger partial charge in [0, 0.05) is 12.7 Å². The molecule has 0 saturated carbocycles. The molecule has 1 unspecified atom stereocenters. The van der Waals surface area contributed by atoms with Crippen LogP contribution in [-0.2, 0) is 4.74 Å². The summed E-state index contributed by atoms with van der Waals surface area (Å²) in [5, 5.41) is 18.1. The molecule has 2 heterocycles. The molecule has 0 aliphatic carbocycles. The molecule has 18 heavy (non-hydrogen) atoms. The molecule has 2 rings (SSSR count). The molecule has 98 valence electrons. The van der Waals surface area contributed by atoms with E-state index in [1.54, 1.807) is 0 Å². The topological polar surface area (TPSA) is 109 Å². The number of carbonyl (C=O) groups is 1. The highest BCUT2D eigenvalue weighted by Crippen LogP contribution is 2.24. The minimum atomic E-state index is -1.07. The van der Waals surface area contributed by atoms with Gasteiger partial charge >= 0.3 is 5.97 Å². The number of carboxylic acids is 1. The van der Waals surface area contributed by atoms with Crippen molar-refractivity contribution >= 4 is 17.5 Å². The largest absolute Gasteiger partial charge is 0.478 e. The normalized spacial score (nSPS) is 19.8. The van der Waals surface area contributed by atoms with Crippen LogP contribution in [0.3, 0.4) is 0 Å². The van der Waals surface area contributed by atoms with Crippen LogP contribution in [0.25, 0.3) is 0 Å². The molecule has 4 N–H and O–H groups in total. The van der Waals surface area contributed by atoms with Gasteiger partial charge in [0.1, 0.15) is 0 Å². The molecule has 7 nitrogen and oxygen atoms in total. The van der Waals surface area contributed by atoms with Crippen molar-refractivity contribution in [2.45, 2.75) is 6.04 Å². The van der Waals surface area contributed by atoms with Crippen molar-refractivity contribution in [2.75, 3.05) is 37.0 Å². The molecular formula is C11H15N3O4. The van der Waals surface area contributed by atoms with E-state index >= 15 is 0 Å². The van der Waals surface area contributed by atoms with Gasteiger partial charge in [-0.1, -0.05) is 0 Å². The number of carboxylic acid groups (broad SMARTS) is 1. The van der Waals surface area contributed by atoms with Crippen LogP contribution >= 0.6 is 0 Å². The SMILES string of the molecule is Nc1cc(C(=O)O)cnc1N1CCOCC1CO. The Bertz CT molecular complexity index is 452. The van der Waals surface area contributed by atoms with Crippen molar-refractivity contribution in [3.05, 3.63) is 17.8 Å². The lowest BCUT2D eigenvalue weighted by Crippen LogP contribution is -2.48. The number of hydrogen-bond donors (Lipinski definition) is 3. The summed E-state index contributed by atoms with van der Waals surface area (Å²) >= 11 is 0. The second kappa shape index (κ2) is 5.19. The van der Waals surface area contributed by atoms with Crippen LogP contribution in [0, 0.1) is 0 Å². The molecule has 0 amide bonds. The Morgan fingerprint density at radius 2 is 2.44 bits per heavy atom. The fourth-order valence-electron chi connectivity index (χ4n) is 1.92. The number of morpholine rings is 1. The van der Waals surface area contributed by atoms with Gasteiger partial charge in [0.05, 0.1) is 37.1 Å². The lowest BCUT2D eigenvalue weighted by molar-refractivity contribution is 0.0693. The van der Waals surface area contributed by atoms with E-state index in [4.69, 9.17) is 15.6 Å². The average Bonchev–Trinajstić information content (AvgIpc) is 2.38. The van der Waals surface area contributed by atoms with E-state index in [2.05, 4.69) is 4.98 Å². The van der Waals surface area contributed by atoms with E-state index in [0.717, 1.165) is 0 Å². The van der Waals surface area contributed by atoms with Crippen LogP contribution in [0.5, 0.6) is 0 Å². The first-order chi connectivity index (χ1) is 8.63. The van der Waals surface area contributed by atoms with Crippen LogP contribution in [0.15, 0.2) is 12.3 Å². The number of rotatable bonds is 3. The predicted molar refractivity (Wildman–Crippen MR) is 64.6 cm³/mol. The smallest absolute Gasteiger partial charge is 0.337 e. The molecule has 0 aromatic carbocycles. The molecular weight excluding hydrogens is 238 g/mol. The van der Waals surface area contributed by atoms with Gasteiger partial charge in [-0.3, -0.25) is 0 Å². The van der Waals surface area contributed by atoms with E-state index in [0.29, 0.717) is 25.6 Å². The van der Waals surface area contributed by atoms with Gasteiger partial charge in [0.25, 0.3) is 0 Å².